The van der Waals surface area contributed by atoms with E-state index in [4.69, 9.17) is 5.11 Å². The molecule has 0 radical (unpaired) electrons. The highest BCUT2D eigenvalue weighted by Gasteiger charge is 2.29. The van der Waals surface area contributed by atoms with Crippen LogP contribution in [0.15, 0.2) is 30.3 Å². The second kappa shape index (κ2) is 4.63. The lowest BCUT2D eigenvalue weighted by atomic mass is 10.0. The maximum absolute atomic E-state index is 11.0. The van der Waals surface area contributed by atoms with Gasteiger partial charge in [-0.25, -0.2) is 0 Å². The van der Waals surface area contributed by atoms with Crippen molar-refractivity contribution in [3.8, 4) is 0 Å². The first-order chi connectivity index (χ1) is 9.13. The number of benzene rings is 1. The number of carboxylic acid groups (broad SMARTS) is 1. The fourth-order valence-electron chi connectivity index (χ4n) is 2.66. The first kappa shape index (κ1) is 12.1. The third kappa shape index (κ3) is 2.31. The summed E-state index contributed by atoms with van der Waals surface area (Å²) in [4.78, 5) is 15.4. The van der Waals surface area contributed by atoms with Gasteiger partial charge in [0.05, 0.1) is 5.52 Å². The minimum absolute atomic E-state index is 0.131. The molecule has 2 N–H and O–H groups in total. The van der Waals surface area contributed by atoms with Crippen molar-refractivity contribution in [3.05, 3.63) is 41.6 Å². The minimum atomic E-state index is -0.763. The molecule has 1 saturated heterocycles. The van der Waals surface area contributed by atoms with Gasteiger partial charge in [-0.15, -0.1) is 0 Å². The van der Waals surface area contributed by atoms with Crippen molar-refractivity contribution >= 4 is 16.9 Å². The van der Waals surface area contributed by atoms with Crippen LogP contribution in [-0.4, -0.2) is 22.1 Å². The molecule has 4 nitrogen and oxygen atoms in total. The van der Waals surface area contributed by atoms with E-state index in [9.17, 15) is 4.79 Å². The maximum Gasteiger partial charge on any atom is 0.320 e. The Balaban J connectivity index is 1.90. The van der Waals surface area contributed by atoms with E-state index in [1.54, 1.807) is 0 Å². The van der Waals surface area contributed by atoms with E-state index in [0.29, 0.717) is 6.42 Å². The molecule has 2 heterocycles. The molecule has 1 aliphatic heterocycles. The lowest BCUT2D eigenvalue weighted by molar-refractivity contribution is -0.139. The Kier molecular flexibility index (Phi) is 2.95. The van der Waals surface area contributed by atoms with E-state index in [-0.39, 0.29) is 6.04 Å². The van der Waals surface area contributed by atoms with Crippen LogP contribution in [0.4, 0.5) is 0 Å². The van der Waals surface area contributed by atoms with Crippen LogP contribution in [0.25, 0.3) is 10.9 Å². The number of aromatic nitrogens is 1. The lowest BCUT2D eigenvalue weighted by Crippen LogP contribution is -2.31. The summed E-state index contributed by atoms with van der Waals surface area (Å²) in [6.07, 6.45) is 1.55. The zero-order valence-electron chi connectivity index (χ0n) is 10.8. The number of nitrogens with zero attached hydrogens (tertiary/aromatic N) is 1. The summed E-state index contributed by atoms with van der Waals surface area (Å²) < 4.78 is 0. The summed E-state index contributed by atoms with van der Waals surface area (Å²) in [5, 5.41) is 13.3. The molecule has 2 unspecified atom stereocenters. The van der Waals surface area contributed by atoms with Crippen molar-refractivity contribution in [2.45, 2.75) is 31.8 Å². The van der Waals surface area contributed by atoms with Crippen molar-refractivity contribution in [3.63, 3.8) is 0 Å². The summed E-state index contributed by atoms with van der Waals surface area (Å²) >= 11 is 0. The Labute approximate surface area is 111 Å². The van der Waals surface area contributed by atoms with Crippen LogP contribution in [-0.2, 0) is 4.79 Å². The molecule has 1 aromatic heterocycles. The molecular formula is C15H16N2O2. The van der Waals surface area contributed by atoms with E-state index < -0.39 is 12.0 Å². The summed E-state index contributed by atoms with van der Waals surface area (Å²) in [5.74, 6) is -0.763. The number of carbonyl (C=O) groups is 1. The van der Waals surface area contributed by atoms with Gasteiger partial charge >= 0.3 is 5.97 Å². The van der Waals surface area contributed by atoms with Crippen molar-refractivity contribution in [1.82, 2.24) is 10.3 Å². The predicted molar refractivity (Wildman–Crippen MR) is 73.0 cm³/mol. The van der Waals surface area contributed by atoms with Crippen LogP contribution in [0.5, 0.6) is 0 Å². The zero-order valence-corrected chi connectivity index (χ0v) is 10.8. The minimum Gasteiger partial charge on any atom is -0.480 e. The summed E-state index contributed by atoms with van der Waals surface area (Å²) in [6.45, 7) is 1.98. The Bertz CT molecular complexity index is 639. The smallest absolute Gasteiger partial charge is 0.320 e. The zero-order chi connectivity index (χ0) is 13.4. The molecule has 0 bridgehead atoms. The van der Waals surface area contributed by atoms with Crippen molar-refractivity contribution in [1.29, 1.82) is 0 Å². The molecule has 19 heavy (non-hydrogen) atoms. The molecule has 0 saturated carbocycles. The second-order valence-electron chi connectivity index (χ2n) is 5.09. The third-order valence-corrected chi connectivity index (χ3v) is 3.70. The average molecular weight is 256 g/mol. The number of fused-ring (bicyclic) bond motifs is 1. The van der Waals surface area contributed by atoms with Gasteiger partial charge in [0, 0.05) is 17.1 Å². The molecule has 3 rings (SSSR count). The van der Waals surface area contributed by atoms with E-state index in [0.717, 1.165) is 28.6 Å². The fraction of sp³-hybridized carbons (Fsp3) is 0.333. The molecule has 98 valence electrons. The van der Waals surface area contributed by atoms with Crippen LogP contribution in [0, 0.1) is 6.92 Å². The van der Waals surface area contributed by atoms with Gasteiger partial charge in [0.1, 0.15) is 6.04 Å². The van der Waals surface area contributed by atoms with E-state index in [1.165, 1.54) is 0 Å². The Morgan fingerprint density at radius 1 is 1.32 bits per heavy atom. The van der Waals surface area contributed by atoms with Crippen molar-refractivity contribution in [2.24, 2.45) is 0 Å². The molecule has 1 aromatic carbocycles. The number of aryl methyl sites for hydroxylation is 1. The highest BCUT2D eigenvalue weighted by Crippen LogP contribution is 2.28. The van der Waals surface area contributed by atoms with Gasteiger partial charge in [0.25, 0.3) is 0 Å². The standard InChI is InChI=1S/C15H16N2O2/c1-9-2-3-10-8-11(4-5-12(10)16-9)13-6-7-14(17-13)15(18)19/h2-5,8,13-14,17H,6-7H2,1H3,(H,18,19). The first-order valence-corrected chi connectivity index (χ1v) is 6.49. The van der Waals surface area contributed by atoms with Gasteiger partial charge in [-0.2, -0.15) is 0 Å². The molecule has 4 heteroatoms. The van der Waals surface area contributed by atoms with Crippen LogP contribution in [0.2, 0.25) is 0 Å². The van der Waals surface area contributed by atoms with Crippen LogP contribution in [0.3, 0.4) is 0 Å². The Morgan fingerprint density at radius 2 is 2.16 bits per heavy atom. The predicted octanol–water partition coefficient (Wildman–Crippen LogP) is 2.42. The number of hydrogen-bond acceptors (Lipinski definition) is 3. The third-order valence-electron chi connectivity index (χ3n) is 3.70. The first-order valence-electron chi connectivity index (χ1n) is 6.49. The normalized spacial score (nSPS) is 22.8. The molecule has 1 fully saturated rings. The van der Waals surface area contributed by atoms with Crippen molar-refractivity contribution < 1.29 is 9.90 Å². The number of pyridine rings is 1. The van der Waals surface area contributed by atoms with Crippen molar-refractivity contribution in [2.75, 3.05) is 0 Å². The number of hydrogen-bond donors (Lipinski definition) is 2. The largest absolute Gasteiger partial charge is 0.480 e. The molecule has 0 amide bonds. The topological polar surface area (TPSA) is 62.2 Å². The van der Waals surface area contributed by atoms with E-state index >= 15 is 0 Å². The number of rotatable bonds is 2. The summed E-state index contributed by atoms with van der Waals surface area (Å²) in [6, 6.07) is 9.91. The average Bonchev–Trinajstić information content (AvgIpc) is 2.88. The van der Waals surface area contributed by atoms with Gasteiger partial charge in [0.15, 0.2) is 0 Å². The fourth-order valence-corrected chi connectivity index (χ4v) is 2.66. The lowest BCUT2D eigenvalue weighted by Gasteiger charge is -2.13. The van der Waals surface area contributed by atoms with Gasteiger partial charge in [-0.1, -0.05) is 12.1 Å². The molecule has 1 aliphatic rings. The molecule has 2 atom stereocenters. The highest BCUT2D eigenvalue weighted by atomic mass is 16.4. The summed E-state index contributed by atoms with van der Waals surface area (Å²) in [7, 11) is 0. The monoisotopic (exact) mass is 256 g/mol. The quantitative estimate of drug-likeness (QED) is 0.866. The molecule has 0 aliphatic carbocycles. The second-order valence-corrected chi connectivity index (χ2v) is 5.09. The van der Waals surface area contributed by atoms with Gasteiger partial charge in [0.2, 0.25) is 0 Å². The van der Waals surface area contributed by atoms with E-state index in [1.807, 2.05) is 25.1 Å². The maximum atomic E-state index is 11.0. The number of aliphatic carboxylic acids is 1. The Hall–Kier alpha value is -1.94. The van der Waals surface area contributed by atoms with E-state index in [2.05, 4.69) is 22.4 Å². The number of nitrogens with one attached hydrogen (secondary N) is 1. The SMILES string of the molecule is Cc1ccc2cc(C3CCC(C(=O)O)N3)ccc2n1. The molecule has 0 spiro atoms. The van der Waals surface area contributed by atoms with Gasteiger partial charge < -0.3 is 5.11 Å². The highest BCUT2D eigenvalue weighted by molar-refractivity contribution is 5.79. The molecule has 2 aromatic rings. The Morgan fingerprint density at radius 3 is 2.89 bits per heavy atom. The van der Waals surface area contributed by atoms with Crippen LogP contribution >= 0.6 is 0 Å². The summed E-state index contributed by atoms with van der Waals surface area (Å²) in [5.41, 5.74) is 3.13. The number of carboxylic acids is 1. The molecular weight excluding hydrogens is 240 g/mol. The van der Waals surface area contributed by atoms with Gasteiger partial charge in [-0.05, 0) is 43.5 Å². The van der Waals surface area contributed by atoms with Gasteiger partial charge in [-0.3, -0.25) is 15.1 Å². The van der Waals surface area contributed by atoms with Crippen LogP contribution in [0.1, 0.15) is 30.1 Å². The van der Waals surface area contributed by atoms with Crippen LogP contribution < -0.4 is 5.32 Å².